The molecule has 0 spiro atoms. The van der Waals surface area contributed by atoms with Gasteiger partial charge in [0.1, 0.15) is 0 Å². The zero-order valence-corrected chi connectivity index (χ0v) is 18.2. The van der Waals surface area contributed by atoms with E-state index in [9.17, 15) is 4.79 Å². The SMILES string of the molecule is CC1(C)CCCC(C)(C)C1OCOC(=O)C(C)(I)C12NI1N2. The summed E-state index contributed by atoms with van der Waals surface area (Å²) in [6.45, 7) is 11.0. The van der Waals surface area contributed by atoms with Gasteiger partial charge in [0, 0.05) is 0 Å². The van der Waals surface area contributed by atoms with Crippen LogP contribution in [0.5, 0.6) is 0 Å². The van der Waals surface area contributed by atoms with Gasteiger partial charge in [-0.25, -0.2) is 0 Å². The molecule has 1 atom stereocenters. The van der Waals surface area contributed by atoms with Crippen molar-refractivity contribution in [3.8, 4) is 0 Å². The summed E-state index contributed by atoms with van der Waals surface area (Å²) in [7, 11) is 0. The second-order valence-electron chi connectivity index (χ2n) is 8.06. The van der Waals surface area contributed by atoms with Crippen molar-refractivity contribution in [2.45, 2.75) is 67.1 Å². The van der Waals surface area contributed by atoms with Gasteiger partial charge in [0.25, 0.3) is 0 Å². The van der Waals surface area contributed by atoms with E-state index in [4.69, 9.17) is 9.47 Å². The first kappa shape index (κ1) is 17.6. The number of fused-ring (bicyclic) bond motifs is 1. The van der Waals surface area contributed by atoms with Crippen LogP contribution in [0.3, 0.4) is 0 Å². The van der Waals surface area contributed by atoms with Crippen molar-refractivity contribution < 1.29 is 14.3 Å². The summed E-state index contributed by atoms with van der Waals surface area (Å²) >= 11 is 1.05. The number of hydrogen-bond donors (Lipinski definition) is 2. The summed E-state index contributed by atoms with van der Waals surface area (Å²) < 4.78 is 17.7. The fourth-order valence-corrected chi connectivity index (χ4v) is 11.6. The van der Waals surface area contributed by atoms with Crippen molar-refractivity contribution in [1.29, 1.82) is 0 Å². The normalized spacial score (nSPS) is 31.8. The van der Waals surface area contributed by atoms with Crippen molar-refractivity contribution in [3.05, 3.63) is 0 Å². The van der Waals surface area contributed by atoms with Crippen molar-refractivity contribution >= 4 is 48.9 Å². The summed E-state index contributed by atoms with van der Waals surface area (Å²) in [5, 5.41) is 0. The molecule has 0 aromatic heterocycles. The molecule has 3 rings (SSSR count). The van der Waals surface area contributed by atoms with Crippen molar-refractivity contribution in [1.82, 2.24) is 7.06 Å². The van der Waals surface area contributed by atoms with Gasteiger partial charge in [-0.05, 0) is 0 Å². The molecule has 22 heavy (non-hydrogen) atoms. The van der Waals surface area contributed by atoms with Gasteiger partial charge in [-0.3, -0.25) is 0 Å². The molecule has 1 unspecified atom stereocenters. The fraction of sp³-hybridized carbons (Fsp3) is 0.933. The first-order chi connectivity index (χ1) is 10.0. The second-order valence-corrected chi connectivity index (χ2v) is 14.5. The van der Waals surface area contributed by atoms with E-state index in [1.54, 1.807) is 0 Å². The molecular weight excluding hydrogens is 510 g/mol. The average Bonchev–Trinajstić information content (AvgIpc) is 3.20. The van der Waals surface area contributed by atoms with E-state index in [2.05, 4.69) is 57.3 Å². The molecule has 128 valence electrons. The van der Waals surface area contributed by atoms with Gasteiger partial charge >= 0.3 is 155 Å². The number of esters is 1. The third-order valence-electron chi connectivity index (χ3n) is 5.18. The number of ether oxygens (including phenoxy) is 2. The maximum atomic E-state index is 12.4. The van der Waals surface area contributed by atoms with Crippen LogP contribution in [0.4, 0.5) is 0 Å². The number of alkyl halides is 2. The summed E-state index contributed by atoms with van der Waals surface area (Å²) in [6, 6.07) is 0. The number of carbonyl (C=O) groups excluding carboxylic acids is 1. The van der Waals surface area contributed by atoms with Crippen LogP contribution in [0.1, 0.15) is 53.9 Å². The summed E-state index contributed by atoms with van der Waals surface area (Å²) in [5.74, 6) is -0.183. The summed E-state index contributed by atoms with van der Waals surface area (Å²) in [5.41, 5.74) is 0.241. The Morgan fingerprint density at radius 3 is 2.23 bits per heavy atom. The van der Waals surface area contributed by atoms with E-state index in [1.165, 1.54) is 6.42 Å². The van der Waals surface area contributed by atoms with E-state index in [-0.39, 0.29) is 33.4 Å². The molecule has 5 nitrogen and oxygen atoms in total. The first-order valence-corrected chi connectivity index (χ1v) is 12.1. The molecule has 0 aromatic carbocycles. The Hall–Kier alpha value is 0.810. The predicted octanol–water partition coefficient (Wildman–Crippen LogP) is 3.50. The van der Waals surface area contributed by atoms with Gasteiger partial charge in [-0.1, -0.05) is 0 Å². The number of nitrogens with one attached hydrogen (secondary N) is 2. The Kier molecular flexibility index (Phi) is 4.33. The predicted molar refractivity (Wildman–Crippen MR) is 103 cm³/mol. The van der Waals surface area contributed by atoms with E-state index in [0.717, 1.165) is 12.8 Å². The van der Waals surface area contributed by atoms with Gasteiger partial charge in [0.2, 0.25) is 0 Å². The first-order valence-electron chi connectivity index (χ1n) is 7.76. The number of rotatable bonds is 5. The van der Waals surface area contributed by atoms with E-state index < -0.39 is 23.8 Å². The van der Waals surface area contributed by atoms with Crippen LogP contribution in [0.25, 0.3) is 0 Å². The van der Waals surface area contributed by atoms with E-state index >= 15 is 0 Å². The Bertz CT molecular complexity index is 471. The van der Waals surface area contributed by atoms with Crippen LogP contribution in [0.2, 0.25) is 0 Å². The molecule has 2 saturated heterocycles. The maximum absolute atomic E-state index is 12.4. The molecule has 3 aliphatic rings. The molecule has 1 aliphatic carbocycles. The zero-order valence-electron chi connectivity index (χ0n) is 13.9. The Morgan fingerprint density at radius 1 is 1.27 bits per heavy atom. The Balaban J connectivity index is 1.54. The molecule has 3 fully saturated rings. The molecule has 0 bridgehead atoms. The van der Waals surface area contributed by atoms with Gasteiger partial charge < -0.3 is 0 Å². The number of halogens is 2. The van der Waals surface area contributed by atoms with Gasteiger partial charge in [-0.15, -0.1) is 0 Å². The molecule has 1 saturated carbocycles. The zero-order chi connectivity index (χ0) is 16.4. The van der Waals surface area contributed by atoms with Crippen LogP contribution < -0.4 is 7.06 Å². The summed E-state index contributed by atoms with van der Waals surface area (Å²) in [6.07, 6.45) is 3.66. The van der Waals surface area contributed by atoms with Crippen LogP contribution in [0, 0.1) is 10.8 Å². The molecule has 2 heterocycles. The number of carbonyl (C=O) groups is 1. The standard InChI is InChI=1S/C15H26I2N2O3/c1-12(2)7-6-8-13(3,4)10(12)21-9-22-11(20)14(5,16)15-17(18-15)19-15/h10,18-19H,6-9H2,1-5H3. The van der Waals surface area contributed by atoms with Crippen LogP contribution >= 0.6 is 43.0 Å². The Morgan fingerprint density at radius 2 is 1.77 bits per heavy atom. The van der Waals surface area contributed by atoms with Gasteiger partial charge in [0.15, 0.2) is 0 Å². The fourth-order valence-electron chi connectivity index (χ4n) is 3.78. The quantitative estimate of drug-likeness (QED) is 0.107. The van der Waals surface area contributed by atoms with E-state index in [1.807, 2.05) is 6.92 Å². The molecule has 0 aromatic rings. The molecule has 0 radical (unpaired) electrons. The van der Waals surface area contributed by atoms with Crippen molar-refractivity contribution in [2.75, 3.05) is 6.79 Å². The molecule has 2 aliphatic heterocycles. The molecular formula is C15H26I2N2O3. The molecule has 0 amide bonds. The monoisotopic (exact) mass is 536 g/mol. The number of hydrogen-bond acceptors (Lipinski definition) is 5. The average molecular weight is 536 g/mol. The third kappa shape index (κ3) is 2.82. The second kappa shape index (κ2) is 5.40. The summed E-state index contributed by atoms with van der Waals surface area (Å²) in [4.78, 5) is 12.4. The molecule has 7 heteroatoms. The molecule has 2 N–H and O–H groups in total. The van der Waals surface area contributed by atoms with Crippen LogP contribution in [-0.4, -0.2) is 26.0 Å². The van der Waals surface area contributed by atoms with E-state index in [0.29, 0.717) is 0 Å². The Labute approximate surface area is 154 Å². The van der Waals surface area contributed by atoms with Crippen molar-refractivity contribution in [3.63, 3.8) is 0 Å². The van der Waals surface area contributed by atoms with Gasteiger partial charge in [-0.2, -0.15) is 0 Å². The topological polar surface area (TPSA) is 79.4 Å². The van der Waals surface area contributed by atoms with Crippen LogP contribution in [-0.2, 0) is 14.3 Å². The minimum absolute atomic E-state index is 0.0548. The minimum atomic E-state index is -1.16. The van der Waals surface area contributed by atoms with Crippen LogP contribution in [0.15, 0.2) is 0 Å². The van der Waals surface area contributed by atoms with Crippen molar-refractivity contribution in [2.24, 2.45) is 10.8 Å². The third-order valence-corrected chi connectivity index (χ3v) is 12.3. The van der Waals surface area contributed by atoms with Gasteiger partial charge in [0.05, 0.1) is 0 Å².